The molecule has 0 aliphatic carbocycles. The molecule has 4 aromatic rings. The van der Waals surface area contributed by atoms with Crippen LogP contribution in [0.15, 0.2) is 51.7 Å². The van der Waals surface area contributed by atoms with Crippen LogP contribution in [0.5, 0.6) is 5.75 Å². The summed E-state index contributed by atoms with van der Waals surface area (Å²) in [5.41, 5.74) is 2.43. The van der Waals surface area contributed by atoms with Crippen molar-refractivity contribution in [3.8, 4) is 17.1 Å². The molecule has 0 atom stereocenters. The van der Waals surface area contributed by atoms with Crippen molar-refractivity contribution >= 4 is 49.4 Å². The van der Waals surface area contributed by atoms with Gasteiger partial charge in [0.15, 0.2) is 5.82 Å². The largest absolute Gasteiger partial charge is 0.494 e. The molecule has 174 valence electrons. The number of aromatic nitrogens is 3. The lowest BCUT2D eigenvalue weighted by Gasteiger charge is -2.13. The molecule has 3 heterocycles. The molecule has 1 aliphatic rings. The minimum atomic E-state index is -0.332. The van der Waals surface area contributed by atoms with E-state index >= 15 is 0 Å². The molecule has 0 bridgehead atoms. The molecule has 9 heteroatoms. The number of nitrogens with zero attached hydrogens (tertiary/aromatic N) is 4. The molecule has 0 saturated carbocycles. The van der Waals surface area contributed by atoms with Gasteiger partial charge in [0, 0.05) is 22.1 Å². The number of likely N-dealkylation sites (N-methyl/N-ethyl adjacent to an activating group) is 1. The molecule has 0 radical (unpaired) electrons. The van der Waals surface area contributed by atoms with E-state index in [1.807, 2.05) is 49.4 Å². The summed E-state index contributed by atoms with van der Waals surface area (Å²) in [5, 5.41) is 4.44. The number of carbonyl (C=O) groups is 1. The summed E-state index contributed by atoms with van der Waals surface area (Å²) in [6.07, 6.45) is 3.34. The fraction of sp³-hybridized carbons (Fsp3) is 0.280. The summed E-state index contributed by atoms with van der Waals surface area (Å²) in [5.74, 6) is 1.09. The zero-order chi connectivity index (χ0) is 23.8. The fourth-order valence-corrected chi connectivity index (χ4v) is 5.45. The summed E-state index contributed by atoms with van der Waals surface area (Å²) >= 11 is 4.67. The first-order valence-electron chi connectivity index (χ1n) is 11.3. The molecule has 0 spiro atoms. The minimum Gasteiger partial charge on any atom is -0.494 e. The second-order valence-electron chi connectivity index (χ2n) is 8.03. The van der Waals surface area contributed by atoms with Crippen molar-refractivity contribution in [1.82, 2.24) is 14.6 Å². The van der Waals surface area contributed by atoms with Crippen LogP contribution in [0.3, 0.4) is 0 Å². The number of amides is 1. The predicted octanol–water partition coefficient (Wildman–Crippen LogP) is 4.43. The van der Waals surface area contributed by atoms with Crippen LogP contribution < -0.4 is 19.7 Å². The first-order chi connectivity index (χ1) is 16.5. The highest BCUT2D eigenvalue weighted by atomic mass is 79.9. The molecule has 0 unspecified atom stereocenters. The number of anilines is 1. The van der Waals surface area contributed by atoms with Crippen molar-refractivity contribution in [1.29, 1.82) is 0 Å². The van der Waals surface area contributed by atoms with Gasteiger partial charge in [-0.3, -0.25) is 9.59 Å². The third-order valence-electron chi connectivity index (χ3n) is 5.81. The van der Waals surface area contributed by atoms with Crippen LogP contribution >= 0.6 is 27.3 Å². The monoisotopic (exact) mass is 538 g/mol. The van der Waals surface area contributed by atoms with Gasteiger partial charge in [-0.05, 0) is 55.8 Å². The van der Waals surface area contributed by atoms with E-state index in [1.165, 1.54) is 15.9 Å². The van der Waals surface area contributed by atoms with Gasteiger partial charge in [0.25, 0.3) is 11.5 Å². The van der Waals surface area contributed by atoms with E-state index in [9.17, 15) is 9.59 Å². The number of unbranched alkanes of at least 4 members (excludes halogenated alkanes) is 2. The Morgan fingerprint density at radius 1 is 1.06 bits per heavy atom. The van der Waals surface area contributed by atoms with E-state index in [2.05, 4.69) is 32.9 Å². The smallest absolute Gasteiger partial charge is 0.291 e. The minimum absolute atomic E-state index is 0.174. The van der Waals surface area contributed by atoms with Crippen LogP contribution in [0.1, 0.15) is 38.7 Å². The van der Waals surface area contributed by atoms with Crippen molar-refractivity contribution in [2.45, 2.75) is 33.1 Å². The van der Waals surface area contributed by atoms with Crippen molar-refractivity contribution < 1.29 is 9.53 Å². The number of hydrogen-bond donors (Lipinski definition) is 0. The summed E-state index contributed by atoms with van der Waals surface area (Å²) in [6.45, 7) is 5.30. The Bertz CT molecular complexity index is 1490. The number of carbonyl (C=O) groups excluding carboxylic acids is 1. The van der Waals surface area contributed by atoms with E-state index < -0.39 is 0 Å². The predicted molar refractivity (Wildman–Crippen MR) is 137 cm³/mol. The topological polar surface area (TPSA) is 76.8 Å². The Morgan fingerprint density at radius 3 is 2.56 bits per heavy atom. The van der Waals surface area contributed by atoms with Gasteiger partial charge in [-0.15, -0.1) is 5.10 Å². The Hall–Kier alpha value is -3.04. The Morgan fingerprint density at radius 2 is 1.85 bits per heavy atom. The van der Waals surface area contributed by atoms with Gasteiger partial charge in [0.05, 0.1) is 17.9 Å². The van der Waals surface area contributed by atoms with Crippen LogP contribution in [-0.4, -0.2) is 33.7 Å². The number of thiazole rings is 1. The fourth-order valence-electron chi connectivity index (χ4n) is 4.09. The number of hydrogen-bond acceptors (Lipinski definition) is 6. The molecular formula is C25H23BrN4O3S. The zero-order valence-electron chi connectivity index (χ0n) is 18.9. The molecule has 2 aromatic heterocycles. The number of benzene rings is 2. The van der Waals surface area contributed by atoms with Gasteiger partial charge in [0.2, 0.25) is 4.96 Å². The third-order valence-corrected chi connectivity index (χ3v) is 7.33. The van der Waals surface area contributed by atoms with Crippen LogP contribution in [0.4, 0.5) is 5.69 Å². The van der Waals surface area contributed by atoms with Crippen LogP contribution in [0.2, 0.25) is 0 Å². The Balaban J connectivity index is 1.51. The van der Waals surface area contributed by atoms with E-state index in [4.69, 9.17) is 4.74 Å². The number of halogens is 1. The second kappa shape index (κ2) is 9.31. The quantitative estimate of drug-likeness (QED) is 0.325. The SMILES string of the molecule is CCCCCOc1ccc(-c2nc3s/c(=C4\C(=O)N(CC)c5ccc(Br)cc54)c(=O)n3n2)cc1. The van der Waals surface area contributed by atoms with Crippen molar-refractivity contribution in [2.24, 2.45) is 0 Å². The van der Waals surface area contributed by atoms with Crippen LogP contribution in [0, 0.1) is 0 Å². The lowest BCUT2D eigenvalue weighted by atomic mass is 10.1. The molecule has 0 N–H and O–H groups in total. The molecule has 0 saturated heterocycles. The number of fused-ring (bicyclic) bond motifs is 2. The highest BCUT2D eigenvalue weighted by Gasteiger charge is 2.33. The molecule has 34 heavy (non-hydrogen) atoms. The summed E-state index contributed by atoms with van der Waals surface area (Å²) in [6, 6.07) is 13.2. The Kier molecular flexibility index (Phi) is 6.22. The van der Waals surface area contributed by atoms with Gasteiger partial charge in [0.1, 0.15) is 10.3 Å². The lowest BCUT2D eigenvalue weighted by Crippen LogP contribution is -2.32. The van der Waals surface area contributed by atoms with E-state index in [0.29, 0.717) is 34.0 Å². The first-order valence-corrected chi connectivity index (χ1v) is 12.9. The average molecular weight is 539 g/mol. The maximum atomic E-state index is 13.3. The Labute approximate surface area is 208 Å². The molecule has 1 aliphatic heterocycles. The van der Waals surface area contributed by atoms with Crippen molar-refractivity contribution in [2.75, 3.05) is 18.1 Å². The first kappa shape index (κ1) is 22.7. The van der Waals surface area contributed by atoms with Gasteiger partial charge < -0.3 is 9.64 Å². The summed E-state index contributed by atoms with van der Waals surface area (Å²) in [4.78, 5) is 33.2. The average Bonchev–Trinajstić information content (AvgIpc) is 3.47. The molecule has 7 nitrogen and oxygen atoms in total. The number of rotatable bonds is 7. The van der Waals surface area contributed by atoms with Gasteiger partial charge in [-0.2, -0.15) is 9.50 Å². The van der Waals surface area contributed by atoms with Gasteiger partial charge in [-0.1, -0.05) is 47.0 Å². The molecule has 1 amide bonds. The van der Waals surface area contributed by atoms with E-state index in [-0.39, 0.29) is 11.5 Å². The molecule has 5 rings (SSSR count). The third kappa shape index (κ3) is 3.92. The lowest BCUT2D eigenvalue weighted by molar-refractivity contribution is -0.113. The maximum Gasteiger partial charge on any atom is 0.291 e. The van der Waals surface area contributed by atoms with Crippen LogP contribution in [0.25, 0.3) is 21.9 Å². The standard InChI is InChI=1S/C25H23BrN4O3S/c1-3-5-6-13-33-17-10-7-15(8-11-17)22-27-25-30(28-22)24(32)21(34-25)20-18-14-16(26)9-12-19(18)29(4-2)23(20)31/h7-12,14H,3-6,13H2,1-2H3/b21-20-. The van der Waals surface area contributed by atoms with Crippen LogP contribution in [-0.2, 0) is 4.79 Å². The van der Waals surface area contributed by atoms with E-state index in [0.717, 1.165) is 46.3 Å². The van der Waals surface area contributed by atoms with E-state index in [1.54, 1.807) is 4.90 Å². The molecule has 0 fully saturated rings. The highest BCUT2D eigenvalue weighted by molar-refractivity contribution is 9.10. The summed E-state index contributed by atoms with van der Waals surface area (Å²) in [7, 11) is 0. The normalized spacial score (nSPS) is 14.8. The van der Waals surface area contributed by atoms with Crippen molar-refractivity contribution in [3.63, 3.8) is 0 Å². The summed E-state index contributed by atoms with van der Waals surface area (Å²) < 4.78 is 8.26. The zero-order valence-corrected chi connectivity index (χ0v) is 21.3. The second-order valence-corrected chi connectivity index (χ2v) is 9.93. The van der Waals surface area contributed by atoms with Crippen molar-refractivity contribution in [3.05, 3.63) is 67.4 Å². The molecule has 2 aromatic carbocycles. The molecular weight excluding hydrogens is 516 g/mol. The highest BCUT2D eigenvalue weighted by Crippen LogP contribution is 2.37. The maximum absolute atomic E-state index is 13.3. The van der Waals surface area contributed by atoms with Gasteiger partial charge in [-0.25, -0.2) is 0 Å². The van der Waals surface area contributed by atoms with Gasteiger partial charge >= 0.3 is 0 Å². The number of ether oxygens (including phenoxy) is 1.